The first kappa shape index (κ1) is 12.3. The molecule has 0 aliphatic heterocycles. The predicted octanol–water partition coefficient (Wildman–Crippen LogP) is 3.12. The van der Waals surface area contributed by atoms with Crippen LogP contribution in [0, 0.1) is 0 Å². The van der Waals surface area contributed by atoms with Gasteiger partial charge in [-0.2, -0.15) is 0 Å². The SMILES string of the molecule is CC(CO)c1cnc(Cc2ccc(Br)cc2)o1. The molecule has 1 heterocycles. The molecular formula is C13H14BrNO2. The van der Waals surface area contributed by atoms with Crippen LogP contribution in [0.25, 0.3) is 0 Å². The van der Waals surface area contributed by atoms with Gasteiger partial charge in [0.1, 0.15) is 5.76 Å². The third-order valence-electron chi connectivity index (χ3n) is 2.60. The van der Waals surface area contributed by atoms with Crippen LogP contribution in [0.15, 0.2) is 39.4 Å². The summed E-state index contributed by atoms with van der Waals surface area (Å²) in [7, 11) is 0. The van der Waals surface area contributed by atoms with Gasteiger partial charge in [-0.1, -0.05) is 35.0 Å². The second kappa shape index (κ2) is 5.47. The van der Waals surface area contributed by atoms with Gasteiger partial charge in [0.05, 0.1) is 12.8 Å². The Morgan fingerprint density at radius 2 is 2.06 bits per heavy atom. The number of nitrogens with zero attached hydrogens (tertiary/aromatic N) is 1. The molecule has 0 aliphatic rings. The maximum Gasteiger partial charge on any atom is 0.198 e. The molecular weight excluding hydrogens is 282 g/mol. The zero-order chi connectivity index (χ0) is 12.3. The minimum atomic E-state index is 0.00108. The van der Waals surface area contributed by atoms with E-state index in [2.05, 4.69) is 20.9 Å². The van der Waals surface area contributed by atoms with E-state index < -0.39 is 0 Å². The summed E-state index contributed by atoms with van der Waals surface area (Å²) in [4.78, 5) is 4.21. The molecule has 0 fully saturated rings. The Bertz CT molecular complexity index is 478. The van der Waals surface area contributed by atoms with Crippen molar-refractivity contribution >= 4 is 15.9 Å². The van der Waals surface area contributed by atoms with Gasteiger partial charge >= 0.3 is 0 Å². The molecule has 4 heteroatoms. The quantitative estimate of drug-likeness (QED) is 0.943. The summed E-state index contributed by atoms with van der Waals surface area (Å²) < 4.78 is 6.65. The largest absolute Gasteiger partial charge is 0.445 e. The first-order valence-electron chi connectivity index (χ1n) is 5.49. The lowest BCUT2D eigenvalue weighted by molar-refractivity contribution is 0.255. The zero-order valence-corrected chi connectivity index (χ0v) is 11.1. The van der Waals surface area contributed by atoms with Crippen LogP contribution in [0.3, 0.4) is 0 Å². The lowest BCUT2D eigenvalue weighted by Crippen LogP contribution is -1.96. The summed E-state index contributed by atoms with van der Waals surface area (Å²) in [5.41, 5.74) is 1.15. The van der Waals surface area contributed by atoms with Crippen molar-refractivity contribution in [2.45, 2.75) is 19.3 Å². The van der Waals surface area contributed by atoms with Crippen LogP contribution in [0.1, 0.15) is 30.1 Å². The van der Waals surface area contributed by atoms with Gasteiger partial charge in [-0.25, -0.2) is 4.98 Å². The molecule has 0 radical (unpaired) electrons. The first-order valence-corrected chi connectivity index (χ1v) is 6.28. The standard InChI is InChI=1S/C13H14BrNO2/c1-9(8-16)12-7-15-13(17-12)6-10-2-4-11(14)5-3-10/h2-5,7,9,16H,6,8H2,1H3. The Labute approximate surface area is 109 Å². The van der Waals surface area contributed by atoms with E-state index in [1.165, 1.54) is 0 Å². The number of aliphatic hydroxyl groups is 1. The van der Waals surface area contributed by atoms with Crippen LogP contribution < -0.4 is 0 Å². The molecule has 3 nitrogen and oxygen atoms in total. The summed E-state index contributed by atoms with van der Waals surface area (Å²) in [6.45, 7) is 1.98. The Morgan fingerprint density at radius 3 is 2.71 bits per heavy atom. The fourth-order valence-corrected chi connectivity index (χ4v) is 1.77. The molecule has 0 amide bonds. The molecule has 17 heavy (non-hydrogen) atoms. The van der Waals surface area contributed by atoms with Crippen molar-refractivity contribution in [3.05, 3.63) is 52.1 Å². The summed E-state index contributed by atoms with van der Waals surface area (Å²) >= 11 is 3.40. The molecule has 2 aromatic rings. The van der Waals surface area contributed by atoms with Gasteiger partial charge in [-0.15, -0.1) is 0 Å². The van der Waals surface area contributed by atoms with Gasteiger partial charge in [0.2, 0.25) is 0 Å². The second-order valence-electron chi connectivity index (χ2n) is 4.04. The smallest absolute Gasteiger partial charge is 0.198 e. The number of oxazole rings is 1. The van der Waals surface area contributed by atoms with Crippen molar-refractivity contribution < 1.29 is 9.52 Å². The molecule has 0 bridgehead atoms. The average Bonchev–Trinajstić information content (AvgIpc) is 2.80. The number of benzene rings is 1. The Morgan fingerprint density at radius 1 is 1.35 bits per heavy atom. The molecule has 2 rings (SSSR count). The topological polar surface area (TPSA) is 46.3 Å². The minimum absolute atomic E-state index is 0.00108. The van der Waals surface area contributed by atoms with E-state index in [4.69, 9.17) is 9.52 Å². The van der Waals surface area contributed by atoms with Gasteiger partial charge < -0.3 is 9.52 Å². The Balaban J connectivity index is 2.08. The van der Waals surface area contributed by atoms with Gasteiger partial charge in [-0.05, 0) is 17.7 Å². The average molecular weight is 296 g/mol. The van der Waals surface area contributed by atoms with Gasteiger partial charge in [0.15, 0.2) is 5.89 Å². The fourth-order valence-electron chi connectivity index (χ4n) is 1.50. The van der Waals surface area contributed by atoms with E-state index in [0.29, 0.717) is 12.3 Å². The van der Waals surface area contributed by atoms with Gasteiger partial charge in [0.25, 0.3) is 0 Å². The summed E-state index contributed by atoms with van der Waals surface area (Å²) in [5, 5.41) is 9.02. The molecule has 0 aliphatic carbocycles. The maximum absolute atomic E-state index is 9.02. The zero-order valence-electron chi connectivity index (χ0n) is 9.56. The molecule has 1 N–H and O–H groups in total. The van der Waals surface area contributed by atoms with Crippen LogP contribution >= 0.6 is 15.9 Å². The first-order chi connectivity index (χ1) is 8.19. The Kier molecular flexibility index (Phi) is 3.97. The normalized spacial score (nSPS) is 12.6. The molecule has 1 atom stereocenters. The summed E-state index contributed by atoms with van der Waals surface area (Å²) in [6, 6.07) is 8.05. The summed E-state index contributed by atoms with van der Waals surface area (Å²) in [6.07, 6.45) is 2.36. The van der Waals surface area contributed by atoms with Crippen LogP contribution in [0.4, 0.5) is 0 Å². The molecule has 0 saturated carbocycles. The number of hydrogen-bond acceptors (Lipinski definition) is 3. The van der Waals surface area contributed by atoms with Crippen LogP contribution in [-0.2, 0) is 6.42 Å². The lowest BCUT2D eigenvalue weighted by atomic mass is 10.1. The lowest BCUT2D eigenvalue weighted by Gasteiger charge is -2.01. The molecule has 1 aromatic carbocycles. The van der Waals surface area contributed by atoms with E-state index in [1.54, 1.807) is 6.20 Å². The van der Waals surface area contributed by atoms with Crippen LogP contribution in [-0.4, -0.2) is 16.7 Å². The van der Waals surface area contributed by atoms with Crippen LogP contribution in [0.2, 0.25) is 0 Å². The van der Waals surface area contributed by atoms with Crippen LogP contribution in [0.5, 0.6) is 0 Å². The van der Waals surface area contributed by atoms with E-state index in [0.717, 1.165) is 15.8 Å². The number of aliphatic hydroxyl groups excluding tert-OH is 1. The Hall–Kier alpha value is -1.13. The van der Waals surface area contributed by atoms with E-state index >= 15 is 0 Å². The number of halogens is 1. The molecule has 90 valence electrons. The summed E-state index contributed by atoms with van der Waals surface area (Å²) in [5.74, 6) is 1.42. The second-order valence-corrected chi connectivity index (χ2v) is 4.96. The third kappa shape index (κ3) is 3.17. The van der Waals surface area contributed by atoms with Gasteiger partial charge in [0, 0.05) is 16.8 Å². The highest BCUT2D eigenvalue weighted by Gasteiger charge is 2.10. The van der Waals surface area contributed by atoms with Crippen molar-refractivity contribution in [2.24, 2.45) is 0 Å². The number of aromatic nitrogens is 1. The highest BCUT2D eigenvalue weighted by molar-refractivity contribution is 9.10. The monoisotopic (exact) mass is 295 g/mol. The highest BCUT2D eigenvalue weighted by atomic mass is 79.9. The predicted molar refractivity (Wildman–Crippen MR) is 69.0 cm³/mol. The molecule has 1 aromatic heterocycles. The highest BCUT2D eigenvalue weighted by Crippen LogP contribution is 2.18. The van der Waals surface area contributed by atoms with Crippen molar-refractivity contribution in [3.63, 3.8) is 0 Å². The van der Waals surface area contributed by atoms with Gasteiger partial charge in [-0.3, -0.25) is 0 Å². The maximum atomic E-state index is 9.02. The molecule has 0 saturated heterocycles. The van der Waals surface area contributed by atoms with Crippen molar-refractivity contribution in [1.29, 1.82) is 0 Å². The van der Waals surface area contributed by atoms with E-state index in [9.17, 15) is 0 Å². The number of rotatable bonds is 4. The molecule has 1 unspecified atom stereocenters. The molecule has 0 spiro atoms. The minimum Gasteiger partial charge on any atom is -0.445 e. The van der Waals surface area contributed by atoms with E-state index in [1.807, 2.05) is 31.2 Å². The van der Waals surface area contributed by atoms with Crippen molar-refractivity contribution in [1.82, 2.24) is 4.98 Å². The van der Waals surface area contributed by atoms with E-state index in [-0.39, 0.29) is 12.5 Å². The number of hydrogen-bond donors (Lipinski definition) is 1. The van der Waals surface area contributed by atoms with Crippen molar-refractivity contribution in [2.75, 3.05) is 6.61 Å². The third-order valence-corrected chi connectivity index (χ3v) is 3.13. The van der Waals surface area contributed by atoms with Crippen molar-refractivity contribution in [3.8, 4) is 0 Å². The fraction of sp³-hybridized carbons (Fsp3) is 0.308.